The van der Waals surface area contributed by atoms with Gasteiger partial charge in [0.2, 0.25) is 0 Å². The summed E-state index contributed by atoms with van der Waals surface area (Å²) in [7, 11) is 0. The minimum absolute atomic E-state index is 0.208. The minimum atomic E-state index is -0.208. The highest BCUT2D eigenvalue weighted by Gasteiger charge is 2.16. The van der Waals surface area contributed by atoms with Crippen molar-refractivity contribution >= 4 is 35.0 Å². The number of carbonyl (C=O) groups excluding carboxylic acids is 1. The molecule has 0 saturated carbocycles. The van der Waals surface area contributed by atoms with E-state index in [9.17, 15) is 4.79 Å². The van der Waals surface area contributed by atoms with Gasteiger partial charge in [0.15, 0.2) is 0 Å². The highest BCUT2D eigenvalue weighted by Crippen LogP contribution is 2.24. The van der Waals surface area contributed by atoms with Crippen molar-refractivity contribution in [1.29, 1.82) is 0 Å². The molecule has 1 aliphatic heterocycles. The van der Waals surface area contributed by atoms with E-state index in [2.05, 4.69) is 33.4 Å². The smallest absolute Gasteiger partial charge is 0.273 e. The van der Waals surface area contributed by atoms with Crippen LogP contribution in [0.4, 0.5) is 5.69 Å². The van der Waals surface area contributed by atoms with Crippen LogP contribution in [0.25, 0.3) is 11.3 Å². The second-order valence-electron chi connectivity index (χ2n) is 7.11. The Bertz CT molecular complexity index is 1010. The SMILES string of the molecule is Cc1c(CN2CCSCC2)cccc1NC(=O)c1cc(-c2cccc(Cl)c2)n[nH]1. The van der Waals surface area contributed by atoms with Gasteiger partial charge in [-0.25, -0.2) is 0 Å². The Morgan fingerprint density at radius 3 is 2.79 bits per heavy atom. The molecule has 7 heteroatoms. The number of nitrogens with one attached hydrogen (secondary N) is 2. The number of anilines is 1. The average Bonchev–Trinajstić information content (AvgIpc) is 3.22. The third-order valence-electron chi connectivity index (χ3n) is 5.13. The third-order valence-corrected chi connectivity index (χ3v) is 6.31. The van der Waals surface area contributed by atoms with Crippen molar-refractivity contribution in [3.63, 3.8) is 0 Å². The van der Waals surface area contributed by atoms with Gasteiger partial charge in [0, 0.05) is 47.4 Å². The molecule has 1 amide bonds. The van der Waals surface area contributed by atoms with Crippen LogP contribution in [-0.2, 0) is 6.54 Å². The maximum Gasteiger partial charge on any atom is 0.273 e. The first-order chi connectivity index (χ1) is 14.1. The number of hydrogen-bond acceptors (Lipinski definition) is 4. The molecule has 0 aliphatic carbocycles. The molecule has 1 fully saturated rings. The zero-order valence-corrected chi connectivity index (χ0v) is 17.8. The van der Waals surface area contributed by atoms with Gasteiger partial charge < -0.3 is 5.32 Å². The van der Waals surface area contributed by atoms with Crippen LogP contribution in [0.3, 0.4) is 0 Å². The fourth-order valence-corrected chi connectivity index (χ4v) is 4.58. The van der Waals surface area contributed by atoms with Gasteiger partial charge in [-0.1, -0.05) is 35.9 Å². The quantitative estimate of drug-likeness (QED) is 0.612. The van der Waals surface area contributed by atoms with Crippen LogP contribution in [0.2, 0.25) is 5.02 Å². The lowest BCUT2D eigenvalue weighted by molar-refractivity contribution is 0.102. The summed E-state index contributed by atoms with van der Waals surface area (Å²) in [6.45, 7) is 5.20. The van der Waals surface area contributed by atoms with Crippen LogP contribution in [-0.4, -0.2) is 45.6 Å². The van der Waals surface area contributed by atoms with Gasteiger partial charge in [0.05, 0.1) is 5.69 Å². The molecule has 2 aromatic carbocycles. The Balaban J connectivity index is 1.48. The van der Waals surface area contributed by atoms with E-state index in [4.69, 9.17) is 11.6 Å². The Kier molecular flexibility index (Phi) is 6.23. The zero-order valence-electron chi connectivity index (χ0n) is 16.2. The molecule has 0 atom stereocenters. The van der Waals surface area contributed by atoms with E-state index in [0.29, 0.717) is 16.4 Å². The predicted octanol–water partition coefficient (Wildman–Crippen LogP) is 4.84. The molecular weight excluding hydrogens is 404 g/mol. The third kappa shape index (κ3) is 4.83. The fraction of sp³-hybridized carbons (Fsp3) is 0.273. The number of nitrogens with zero attached hydrogens (tertiary/aromatic N) is 2. The van der Waals surface area contributed by atoms with Gasteiger partial charge in [-0.05, 0) is 42.3 Å². The summed E-state index contributed by atoms with van der Waals surface area (Å²) in [5.74, 6) is 2.16. The Morgan fingerprint density at radius 1 is 1.21 bits per heavy atom. The lowest BCUT2D eigenvalue weighted by Crippen LogP contribution is -2.32. The van der Waals surface area contributed by atoms with Gasteiger partial charge in [0.1, 0.15) is 5.69 Å². The molecule has 150 valence electrons. The summed E-state index contributed by atoms with van der Waals surface area (Å²) in [5.41, 5.74) is 5.15. The molecule has 0 radical (unpaired) electrons. The summed E-state index contributed by atoms with van der Waals surface area (Å²) in [4.78, 5) is 15.2. The summed E-state index contributed by atoms with van der Waals surface area (Å²) < 4.78 is 0. The van der Waals surface area contributed by atoms with Crippen LogP contribution in [0.15, 0.2) is 48.5 Å². The Labute approximate surface area is 179 Å². The maximum absolute atomic E-state index is 12.8. The maximum atomic E-state index is 12.8. The predicted molar refractivity (Wildman–Crippen MR) is 121 cm³/mol. The largest absolute Gasteiger partial charge is 0.320 e. The minimum Gasteiger partial charge on any atom is -0.320 e. The average molecular weight is 427 g/mol. The van der Waals surface area contributed by atoms with Crippen LogP contribution < -0.4 is 5.32 Å². The molecule has 2 N–H and O–H groups in total. The number of amides is 1. The van der Waals surface area contributed by atoms with E-state index in [0.717, 1.165) is 36.4 Å². The number of carbonyl (C=O) groups is 1. The molecular formula is C22H23ClN4OS. The molecule has 0 unspecified atom stereocenters. The monoisotopic (exact) mass is 426 g/mol. The van der Waals surface area contributed by atoms with E-state index >= 15 is 0 Å². The molecule has 0 spiro atoms. The van der Waals surface area contributed by atoms with Gasteiger partial charge in [-0.2, -0.15) is 16.9 Å². The first kappa shape index (κ1) is 20.0. The first-order valence-electron chi connectivity index (χ1n) is 9.61. The standard InChI is InChI=1S/C22H23ClN4OS/c1-15-17(14-27-8-10-29-11-9-27)5-3-7-19(15)24-22(28)21-13-20(25-26-21)16-4-2-6-18(23)12-16/h2-7,12-13H,8-11,14H2,1H3,(H,24,28)(H,25,26). The zero-order chi connectivity index (χ0) is 20.2. The Morgan fingerprint density at radius 2 is 2.00 bits per heavy atom. The van der Waals surface area contributed by atoms with Gasteiger partial charge >= 0.3 is 0 Å². The molecule has 1 aliphatic rings. The van der Waals surface area contributed by atoms with E-state index in [1.165, 1.54) is 17.1 Å². The topological polar surface area (TPSA) is 61.0 Å². The van der Waals surface area contributed by atoms with Crippen molar-refractivity contribution in [2.75, 3.05) is 29.9 Å². The van der Waals surface area contributed by atoms with Crippen molar-refractivity contribution in [2.24, 2.45) is 0 Å². The molecule has 1 saturated heterocycles. The van der Waals surface area contributed by atoms with E-state index in [1.807, 2.05) is 48.2 Å². The van der Waals surface area contributed by atoms with Crippen LogP contribution in [0.5, 0.6) is 0 Å². The molecule has 3 aromatic rings. The normalized spacial score (nSPS) is 14.7. The molecule has 1 aromatic heterocycles. The van der Waals surface area contributed by atoms with Gasteiger partial charge in [-0.3, -0.25) is 14.8 Å². The van der Waals surface area contributed by atoms with Crippen LogP contribution in [0.1, 0.15) is 21.6 Å². The lowest BCUT2D eigenvalue weighted by atomic mass is 10.1. The highest BCUT2D eigenvalue weighted by molar-refractivity contribution is 7.99. The number of rotatable bonds is 5. The molecule has 4 rings (SSSR count). The molecule has 2 heterocycles. The number of hydrogen-bond donors (Lipinski definition) is 2. The lowest BCUT2D eigenvalue weighted by Gasteiger charge is -2.27. The molecule has 0 bridgehead atoms. The second-order valence-corrected chi connectivity index (χ2v) is 8.77. The summed E-state index contributed by atoms with van der Waals surface area (Å²) >= 11 is 8.06. The Hall–Kier alpha value is -2.28. The van der Waals surface area contributed by atoms with Crippen molar-refractivity contribution < 1.29 is 4.79 Å². The summed E-state index contributed by atoms with van der Waals surface area (Å²) in [6.07, 6.45) is 0. The van der Waals surface area contributed by atoms with E-state index in [-0.39, 0.29) is 5.91 Å². The van der Waals surface area contributed by atoms with Crippen molar-refractivity contribution in [2.45, 2.75) is 13.5 Å². The molecule has 29 heavy (non-hydrogen) atoms. The van der Waals surface area contributed by atoms with Gasteiger partial charge in [-0.15, -0.1) is 0 Å². The number of aromatic amines is 1. The summed E-state index contributed by atoms with van der Waals surface area (Å²) in [5, 5.41) is 10.7. The fourth-order valence-electron chi connectivity index (χ4n) is 3.41. The highest BCUT2D eigenvalue weighted by atomic mass is 35.5. The van der Waals surface area contributed by atoms with Gasteiger partial charge in [0.25, 0.3) is 5.91 Å². The van der Waals surface area contributed by atoms with Crippen LogP contribution in [0, 0.1) is 6.92 Å². The number of halogens is 1. The van der Waals surface area contributed by atoms with Crippen molar-refractivity contribution in [3.8, 4) is 11.3 Å². The van der Waals surface area contributed by atoms with Crippen molar-refractivity contribution in [3.05, 3.63) is 70.4 Å². The summed E-state index contributed by atoms with van der Waals surface area (Å²) in [6, 6.07) is 15.2. The first-order valence-corrected chi connectivity index (χ1v) is 11.1. The van der Waals surface area contributed by atoms with E-state index in [1.54, 1.807) is 6.07 Å². The number of aromatic nitrogens is 2. The number of H-pyrrole nitrogens is 1. The molecule has 5 nitrogen and oxygen atoms in total. The van der Waals surface area contributed by atoms with Crippen LogP contribution >= 0.6 is 23.4 Å². The van der Waals surface area contributed by atoms with E-state index < -0.39 is 0 Å². The van der Waals surface area contributed by atoms with Crippen molar-refractivity contribution in [1.82, 2.24) is 15.1 Å². The number of benzene rings is 2. The number of thioether (sulfide) groups is 1. The second kappa shape index (κ2) is 9.03.